The summed E-state index contributed by atoms with van der Waals surface area (Å²) in [5.74, 6) is 1.58. The maximum atomic E-state index is 12.0. The van der Waals surface area contributed by atoms with Crippen molar-refractivity contribution in [2.45, 2.75) is 12.7 Å². The fourth-order valence-corrected chi connectivity index (χ4v) is 2.91. The number of nitro groups is 1. The van der Waals surface area contributed by atoms with Gasteiger partial charge >= 0.3 is 0 Å². The molecule has 6 nitrogen and oxygen atoms in total. The lowest BCUT2D eigenvalue weighted by Gasteiger charge is -2.08. The number of hydrogen-bond donors (Lipinski definition) is 1. The summed E-state index contributed by atoms with van der Waals surface area (Å²) in [5, 5.41) is 13.6. The van der Waals surface area contributed by atoms with Gasteiger partial charge in [-0.25, -0.2) is 0 Å². The van der Waals surface area contributed by atoms with E-state index in [0.29, 0.717) is 17.0 Å². The van der Waals surface area contributed by atoms with Gasteiger partial charge in [-0.05, 0) is 30.7 Å². The molecular weight excluding hydrogens is 328 g/mol. The highest BCUT2D eigenvalue weighted by Crippen LogP contribution is 2.25. The quantitative estimate of drug-likeness (QED) is 0.609. The number of hydrogen-bond acceptors (Lipinski definition) is 5. The number of amides is 1. The summed E-state index contributed by atoms with van der Waals surface area (Å²) in [6.07, 6.45) is 0. The zero-order valence-corrected chi connectivity index (χ0v) is 14.3. The summed E-state index contributed by atoms with van der Waals surface area (Å²) in [6, 6.07) is 12.3. The first kappa shape index (κ1) is 17.8. The Morgan fingerprint density at radius 3 is 2.58 bits per heavy atom. The molecule has 0 fully saturated rings. The minimum Gasteiger partial charge on any atom is -0.497 e. The van der Waals surface area contributed by atoms with Crippen LogP contribution in [-0.4, -0.2) is 23.7 Å². The summed E-state index contributed by atoms with van der Waals surface area (Å²) >= 11 is 1.48. The number of thioether (sulfide) groups is 1. The third-order valence-electron chi connectivity index (χ3n) is 3.44. The number of ether oxygens (including phenoxy) is 1. The predicted octanol–water partition coefficient (Wildman–Crippen LogP) is 3.78. The number of nitro benzene ring substituents is 1. The highest BCUT2D eigenvalue weighted by atomic mass is 32.2. The minimum absolute atomic E-state index is 0.00122. The number of carbonyl (C=O) groups is 1. The fraction of sp³-hybridized carbons (Fsp3) is 0.235. The van der Waals surface area contributed by atoms with Crippen molar-refractivity contribution in [1.82, 2.24) is 0 Å². The van der Waals surface area contributed by atoms with E-state index in [1.54, 1.807) is 26.2 Å². The maximum absolute atomic E-state index is 12.0. The Hall–Kier alpha value is -2.54. The Labute approximate surface area is 144 Å². The van der Waals surface area contributed by atoms with E-state index in [0.717, 1.165) is 11.3 Å². The average molecular weight is 346 g/mol. The van der Waals surface area contributed by atoms with E-state index in [1.165, 1.54) is 17.8 Å². The molecule has 0 atom stereocenters. The first-order chi connectivity index (χ1) is 11.5. The molecule has 0 aliphatic carbocycles. The molecule has 0 spiro atoms. The lowest BCUT2D eigenvalue weighted by molar-refractivity contribution is -0.385. The molecule has 0 aliphatic rings. The molecule has 0 aliphatic heterocycles. The van der Waals surface area contributed by atoms with Crippen LogP contribution in [-0.2, 0) is 10.5 Å². The van der Waals surface area contributed by atoms with Crippen LogP contribution in [0.4, 0.5) is 11.4 Å². The molecule has 0 saturated carbocycles. The second-order valence-corrected chi connectivity index (χ2v) is 6.08. The van der Waals surface area contributed by atoms with Crippen LogP contribution in [0.5, 0.6) is 5.75 Å². The van der Waals surface area contributed by atoms with E-state index in [1.807, 2.05) is 24.3 Å². The number of rotatable bonds is 7. The van der Waals surface area contributed by atoms with Gasteiger partial charge in [0.05, 0.1) is 29.0 Å². The number of methoxy groups -OCH3 is 1. The van der Waals surface area contributed by atoms with Crippen LogP contribution < -0.4 is 10.1 Å². The zero-order chi connectivity index (χ0) is 17.5. The number of nitrogens with one attached hydrogen (secondary N) is 1. The summed E-state index contributed by atoms with van der Waals surface area (Å²) in [5.41, 5.74) is 2.02. The van der Waals surface area contributed by atoms with Crippen molar-refractivity contribution in [1.29, 1.82) is 0 Å². The van der Waals surface area contributed by atoms with Crippen molar-refractivity contribution in [3.8, 4) is 5.75 Å². The molecule has 2 rings (SSSR count). The Balaban J connectivity index is 1.87. The SMILES string of the molecule is COc1ccc(CSCC(=O)Nc2cccc([N+](=O)[O-])c2C)cc1. The van der Waals surface area contributed by atoms with Crippen molar-refractivity contribution in [3.05, 3.63) is 63.7 Å². The van der Waals surface area contributed by atoms with Gasteiger partial charge in [0.1, 0.15) is 5.75 Å². The van der Waals surface area contributed by atoms with Gasteiger partial charge in [-0.3, -0.25) is 14.9 Å². The smallest absolute Gasteiger partial charge is 0.274 e. The lowest BCUT2D eigenvalue weighted by atomic mass is 10.1. The van der Waals surface area contributed by atoms with Gasteiger partial charge in [-0.15, -0.1) is 11.8 Å². The molecule has 2 aromatic rings. The molecule has 0 aromatic heterocycles. The van der Waals surface area contributed by atoms with Crippen LogP contribution in [0.15, 0.2) is 42.5 Å². The highest BCUT2D eigenvalue weighted by Gasteiger charge is 2.14. The molecule has 1 N–H and O–H groups in total. The van der Waals surface area contributed by atoms with Crippen LogP contribution in [0.25, 0.3) is 0 Å². The molecule has 126 valence electrons. The maximum Gasteiger partial charge on any atom is 0.274 e. The van der Waals surface area contributed by atoms with Gasteiger partial charge in [0.2, 0.25) is 5.91 Å². The molecule has 0 unspecified atom stereocenters. The number of anilines is 1. The Morgan fingerprint density at radius 1 is 1.25 bits per heavy atom. The first-order valence-corrected chi connectivity index (χ1v) is 8.41. The largest absolute Gasteiger partial charge is 0.497 e. The Kier molecular flexibility index (Phi) is 6.20. The Bertz CT molecular complexity index is 732. The number of carbonyl (C=O) groups excluding carboxylic acids is 1. The number of nitrogens with zero attached hydrogens (tertiary/aromatic N) is 1. The second kappa shape index (κ2) is 8.35. The number of benzene rings is 2. The topological polar surface area (TPSA) is 81.5 Å². The van der Waals surface area contributed by atoms with Crippen LogP contribution in [0.3, 0.4) is 0 Å². The minimum atomic E-state index is -0.455. The molecule has 2 aromatic carbocycles. The van der Waals surface area contributed by atoms with E-state index in [-0.39, 0.29) is 17.3 Å². The molecule has 1 amide bonds. The van der Waals surface area contributed by atoms with Gasteiger partial charge in [0, 0.05) is 11.8 Å². The first-order valence-electron chi connectivity index (χ1n) is 7.26. The molecule has 0 saturated heterocycles. The zero-order valence-electron chi connectivity index (χ0n) is 13.4. The van der Waals surface area contributed by atoms with Gasteiger partial charge < -0.3 is 10.1 Å². The van der Waals surface area contributed by atoms with E-state index in [2.05, 4.69) is 5.32 Å². The van der Waals surface area contributed by atoms with Crippen molar-refractivity contribution in [2.75, 3.05) is 18.2 Å². The highest BCUT2D eigenvalue weighted by molar-refractivity contribution is 7.99. The van der Waals surface area contributed by atoms with E-state index in [4.69, 9.17) is 4.74 Å². The van der Waals surface area contributed by atoms with Gasteiger partial charge in [-0.2, -0.15) is 0 Å². The molecule has 0 radical (unpaired) electrons. The Morgan fingerprint density at radius 2 is 1.96 bits per heavy atom. The molecule has 0 bridgehead atoms. The second-order valence-electron chi connectivity index (χ2n) is 5.10. The summed E-state index contributed by atoms with van der Waals surface area (Å²) in [4.78, 5) is 22.5. The third kappa shape index (κ3) is 4.73. The lowest BCUT2D eigenvalue weighted by Crippen LogP contribution is -2.15. The molecule has 7 heteroatoms. The standard InChI is InChI=1S/C17H18N2O4S/c1-12-15(4-3-5-16(12)19(21)22)18-17(20)11-24-10-13-6-8-14(23-2)9-7-13/h3-9H,10-11H2,1-2H3,(H,18,20). The average Bonchev–Trinajstić information content (AvgIpc) is 2.57. The molecule has 0 heterocycles. The van der Waals surface area contributed by atoms with Crippen molar-refractivity contribution >= 4 is 29.0 Å². The van der Waals surface area contributed by atoms with Crippen LogP contribution in [0, 0.1) is 17.0 Å². The van der Waals surface area contributed by atoms with Crippen LogP contribution in [0.2, 0.25) is 0 Å². The van der Waals surface area contributed by atoms with Crippen LogP contribution in [0.1, 0.15) is 11.1 Å². The molecule has 24 heavy (non-hydrogen) atoms. The predicted molar refractivity (Wildman–Crippen MR) is 95.6 cm³/mol. The summed E-state index contributed by atoms with van der Waals surface area (Å²) in [6.45, 7) is 1.62. The van der Waals surface area contributed by atoms with E-state index in [9.17, 15) is 14.9 Å². The summed E-state index contributed by atoms with van der Waals surface area (Å²) in [7, 11) is 1.62. The molecular formula is C17H18N2O4S. The van der Waals surface area contributed by atoms with Gasteiger partial charge in [-0.1, -0.05) is 18.2 Å². The van der Waals surface area contributed by atoms with Gasteiger partial charge in [0.15, 0.2) is 0 Å². The monoisotopic (exact) mass is 346 g/mol. The van der Waals surface area contributed by atoms with Crippen LogP contribution >= 0.6 is 11.8 Å². The van der Waals surface area contributed by atoms with Crippen molar-refractivity contribution in [3.63, 3.8) is 0 Å². The summed E-state index contributed by atoms with van der Waals surface area (Å²) < 4.78 is 5.10. The van der Waals surface area contributed by atoms with Gasteiger partial charge in [0.25, 0.3) is 5.69 Å². The van der Waals surface area contributed by atoms with Crippen molar-refractivity contribution in [2.24, 2.45) is 0 Å². The van der Waals surface area contributed by atoms with Crippen molar-refractivity contribution < 1.29 is 14.5 Å². The third-order valence-corrected chi connectivity index (χ3v) is 4.44. The normalized spacial score (nSPS) is 10.2. The fourth-order valence-electron chi connectivity index (χ4n) is 2.13. The van der Waals surface area contributed by atoms with E-state index < -0.39 is 4.92 Å². The van der Waals surface area contributed by atoms with E-state index >= 15 is 0 Å².